The largest absolute Gasteiger partial charge is 0.446 e. The van der Waals surface area contributed by atoms with Crippen molar-refractivity contribution < 1.29 is 13.2 Å². The van der Waals surface area contributed by atoms with Crippen molar-refractivity contribution in [2.75, 3.05) is 5.32 Å². The van der Waals surface area contributed by atoms with Gasteiger partial charge in [0.05, 0.1) is 0 Å². The van der Waals surface area contributed by atoms with Crippen molar-refractivity contribution in [2.24, 2.45) is 0 Å². The van der Waals surface area contributed by atoms with E-state index in [1.54, 1.807) is 13.0 Å². The normalized spacial score (nSPS) is 12.0. The minimum atomic E-state index is -4.36. The van der Waals surface area contributed by atoms with E-state index in [-0.39, 0.29) is 28.1 Å². The fraction of sp³-hybridized carbons (Fsp3) is 0.167. The van der Waals surface area contributed by atoms with Gasteiger partial charge in [-0.2, -0.15) is 23.6 Å². The molecule has 114 valence electrons. The molecule has 0 bridgehead atoms. The molecule has 0 atom stereocenters. The van der Waals surface area contributed by atoms with Crippen LogP contribution in [0.3, 0.4) is 0 Å². The van der Waals surface area contributed by atoms with Crippen molar-refractivity contribution in [3.63, 3.8) is 0 Å². The summed E-state index contributed by atoms with van der Waals surface area (Å²) in [6, 6.07) is 6.17. The van der Waals surface area contributed by atoms with Gasteiger partial charge in [-0.1, -0.05) is 6.07 Å². The molecule has 0 spiro atoms. The third kappa shape index (κ3) is 4.23. The minimum Gasteiger partial charge on any atom is -0.360 e. The Hall–Kier alpha value is -2.54. The highest BCUT2D eigenvalue weighted by Crippen LogP contribution is 2.38. The fourth-order valence-corrected chi connectivity index (χ4v) is 2.11. The predicted octanol–water partition coefficient (Wildman–Crippen LogP) is 3.10. The number of hydrogen-bond acceptors (Lipinski definition) is 6. The number of aromatic nitrogens is 4. The van der Waals surface area contributed by atoms with Crippen LogP contribution in [0.15, 0.2) is 29.3 Å². The van der Waals surface area contributed by atoms with Crippen LogP contribution in [0.1, 0.15) is 11.4 Å². The molecule has 22 heavy (non-hydrogen) atoms. The van der Waals surface area contributed by atoms with Crippen molar-refractivity contribution >= 4 is 23.0 Å². The van der Waals surface area contributed by atoms with Gasteiger partial charge < -0.3 is 5.32 Å². The van der Waals surface area contributed by atoms with E-state index in [2.05, 4.69) is 25.9 Å². The zero-order valence-electron chi connectivity index (χ0n) is 11.1. The number of rotatable bonds is 4. The molecule has 0 fully saturated rings. The lowest BCUT2D eigenvalue weighted by atomic mass is 10.2. The van der Waals surface area contributed by atoms with Crippen LogP contribution in [-0.2, 0) is 0 Å². The highest BCUT2D eigenvalue weighted by atomic mass is 32.2. The molecule has 2 rings (SSSR count). The second-order valence-electron chi connectivity index (χ2n) is 4.07. The van der Waals surface area contributed by atoms with Crippen LogP contribution in [0.2, 0.25) is 0 Å². The Morgan fingerprint density at radius 3 is 2.82 bits per heavy atom. The van der Waals surface area contributed by atoms with Crippen molar-refractivity contribution in [3.05, 3.63) is 35.8 Å². The average Bonchev–Trinajstić information content (AvgIpc) is 2.95. The van der Waals surface area contributed by atoms with Gasteiger partial charge in [0.1, 0.15) is 11.6 Å². The maximum atomic E-state index is 12.4. The number of anilines is 1. The van der Waals surface area contributed by atoms with E-state index >= 15 is 0 Å². The summed E-state index contributed by atoms with van der Waals surface area (Å²) >= 11 is -0.204. The molecule has 2 N–H and O–H groups in total. The van der Waals surface area contributed by atoms with Crippen LogP contribution in [0.25, 0.3) is 5.57 Å². The monoisotopic (exact) mass is 326 g/mol. The van der Waals surface area contributed by atoms with Crippen LogP contribution in [-0.4, -0.2) is 26.1 Å². The maximum Gasteiger partial charge on any atom is 0.446 e. The van der Waals surface area contributed by atoms with Gasteiger partial charge in [0.25, 0.3) is 0 Å². The van der Waals surface area contributed by atoms with Crippen molar-refractivity contribution in [1.29, 1.82) is 5.26 Å². The summed E-state index contributed by atoms with van der Waals surface area (Å²) in [6.45, 7) is 1.73. The fourth-order valence-electron chi connectivity index (χ4n) is 1.53. The summed E-state index contributed by atoms with van der Waals surface area (Å²) in [5.74, 6) is 0.0912. The van der Waals surface area contributed by atoms with Gasteiger partial charge in [-0.3, -0.25) is 0 Å². The third-order valence-corrected chi connectivity index (χ3v) is 3.24. The number of hydrogen-bond donors (Lipinski definition) is 2. The first kappa shape index (κ1) is 15.8. The minimum absolute atomic E-state index is 0.0482. The number of thioether (sulfide) groups is 1. The maximum absolute atomic E-state index is 12.4. The molecule has 0 radical (unpaired) electrons. The lowest BCUT2D eigenvalue weighted by Crippen LogP contribution is -2.00. The van der Waals surface area contributed by atoms with E-state index in [4.69, 9.17) is 5.26 Å². The number of alkyl halides is 3. The summed E-state index contributed by atoms with van der Waals surface area (Å²) in [5.41, 5.74) is -3.08. The topological polar surface area (TPSA) is 90.3 Å². The van der Waals surface area contributed by atoms with Crippen molar-refractivity contribution in [3.8, 4) is 6.07 Å². The number of halogens is 3. The number of aryl methyl sites for hydroxylation is 1. The molecule has 0 amide bonds. The highest BCUT2D eigenvalue weighted by Gasteiger charge is 2.29. The number of nitrogens with one attached hydrogen (secondary N) is 2. The Bertz CT molecular complexity index is 717. The molecule has 6 nitrogen and oxygen atoms in total. The molecule has 10 heteroatoms. The van der Waals surface area contributed by atoms with Gasteiger partial charge in [0.2, 0.25) is 5.82 Å². The Kier molecular flexibility index (Phi) is 4.67. The quantitative estimate of drug-likeness (QED) is 0.663. The zero-order chi connectivity index (χ0) is 16.2. The summed E-state index contributed by atoms with van der Waals surface area (Å²) < 4.78 is 37.2. The first-order valence-electron chi connectivity index (χ1n) is 5.86. The number of allylic oxidation sites excluding steroid dienone is 1. The van der Waals surface area contributed by atoms with E-state index < -0.39 is 5.51 Å². The average molecular weight is 326 g/mol. The zero-order valence-corrected chi connectivity index (χ0v) is 12.0. The molecule has 0 aliphatic rings. The first-order valence-corrected chi connectivity index (χ1v) is 6.68. The second-order valence-corrected chi connectivity index (χ2v) is 5.21. The van der Waals surface area contributed by atoms with E-state index in [1.807, 2.05) is 6.07 Å². The van der Waals surface area contributed by atoms with Gasteiger partial charge in [0, 0.05) is 16.8 Å². The SMILES string of the molecule is Cc1ccc(SC(F)(F)F)cc1NC=C(C#N)c1nn[nH]n1. The molecule has 1 aromatic carbocycles. The Balaban J connectivity index is 2.22. The molecule has 0 saturated carbocycles. The molecule has 0 unspecified atom stereocenters. The molecule has 1 aromatic heterocycles. The molecule has 0 aliphatic carbocycles. The van der Waals surface area contributed by atoms with E-state index in [0.29, 0.717) is 5.69 Å². The molecular weight excluding hydrogens is 317 g/mol. The summed E-state index contributed by atoms with van der Waals surface area (Å²) in [4.78, 5) is 0.0482. The van der Waals surface area contributed by atoms with Gasteiger partial charge in [-0.15, -0.1) is 10.2 Å². The molecule has 0 aliphatic heterocycles. The van der Waals surface area contributed by atoms with Crippen LogP contribution in [0, 0.1) is 18.3 Å². The van der Waals surface area contributed by atoms with Crippen LogP contribution < -0.4 is 5.32 Å². The first-order chi connectivity index (χ1) is 10.4. The Morgan fingerprint density at radius 1 is 1.45 bits per heavy atom. The molecule has 0 saturated heterocycles. The lowest BCUT2D eigenvalue weighted by Gasteiger charge is -2.10. The van der Waals surface area contributed by atoms with E-state index in [0.717, 1.165) is 5.56 Å². The van der Waals surface area contributed by atoms with Gasteiger partial charge in [-0.25, -0.2) is 0 Å². The highest BCUT2D eigenvalue weighted by molar-refractivity contribution is 8.00. The lowest BCUT2D eigenvalue weighted by molar-refractivity contribution is -0.0328. The van der Waals surface area contributed by atoms with Crippen LogP contribution >= 0.6 is 11.8 Å². The Morgan fingerprint density at radius 2 is 2.23 bits per heavy atom. The number of nitrogens with zero attached hydrogens (tertiary/aromatic N) is 4. The van der Waals surface area contributed by atoms with Gasteiger partial charge in [-0.05, 0) is 41.6 Å². The van der Waals surface area contributed by atoms with E-state index in [1.165, 1.54) is 18.3 Å². The van der Waals surface area contributed by atoms with Crippen LogP contribution in [0.5, 0.6) is 0 Å². The summed E-state index contributed by atoms with van der Waals surface area (Å²) in [5, 5.41) is 24.7. The number of nitriles is 1. The smallest absolute Gasteiger partial charge is 0.360 e. The Labute approximate surface area is 127 Å². The number of H-pyrrole nitrogens is 1. The standard InChI is InChI=1S/C12H9F3N6S/c1-7-2-3-9(22-12(13,14)15)4-10(7)17-6-8(5-16)11-18-20-21-19-11/h2-4,6,17H,1H3,(H,18,19,20,21). The van der Waals surface area contributed by atoms with Gasteiger partial charge >= 0.3 is 5.51 Å². The second kappa shape index (κ2) is 6.48. The molecular formula is C12H9F3N6S. The van der Waals surface area contributed by atoms with Crippen molar-refractivity contribution in [2.45, 2.75) is 17.3 Å². The summed E-state index contributed by atoms with van der Waals surface area (Å²) in [6.07, 6.45) is 1.31. The number of benzene rings is 1. The number of aromatic amines is 1. The summed E-state index contributed by atoms with van der Waals surface area (Å²) in [7, 11) is 0. The van der Waals surface area contributed by atoms with Gasteiger partial charge in [0.15, 0.2) is 0 Å². The molecule has 2 aromatic rings. The number of tetrazole rings is 1. The molecule has 1 heterocycles. The van der Waals surface area contributed by atoms with Crippen LogP contribution in [0.4, 0.5) is 18.9 Å². The van der Waals surface area contributed by atoms with Crippen molar-refractivity contribution in [1.82, 2.24) is 20.6 Å². The predicted molar refractivity (Wildman–Crippen MR) is 74.5 cm³/mol. The van der Waals surface area contributed by atoms with E-state index in [9.17, 15) is 13.2 Å². The third-order valence-electron chi connectivity index (χ3n) is 2.52.